The van der Waals surface area contributed by atoms with E-state index in [2.05, 4.69) is 55.5 Å². The van der Waals surface area contributed by atoms with E-state index in [1.165, 1.54) is 27.5 Å². The summed E-state index contributed by atoms with van der Waals surface area (Å²) in [6.07, 6.45) is 0.0935. The Balaban J connectivity index is 2.12. The lowest BCUT2D eigenvalue weighted by atomic mass is 9.89. The highest BCUT2D eigenvalue weighted by Crippen LogP contribution is 2.44. The zero-order valence-corrected chi connectivity index (χ0v) is 10.8. The van der Waals surface area contributed by atoms with Gasteiger partial charge >= 0.3 is 0 Å². The maximum Gasteiger partial charge on any atom is 0.128 e. The second-order valence-corrected chi connectivity index (χ2v) is 5.00. The van der Waals surface area contributed by atoms with Gasteiger partial charge in [0.2, 0.25) is 0 Å². The van der Waals surface area contributed by atoms with Crippen LogP contribution in [0.25, 0.3) is 21.9 Å². The minimum atomic E-state index is 0.0935. The summed E-state index contributed by atoms with van der Waals surface area (Å²) in [4.78, 5) is 0. The Morgan fingerprint density at radius 2 is 1.58 bits per heavy atom. The van der Waals surface area contributed by atoms with Crippen LogP contribution in [0.4, 0.5) is 0 Å². The van der Waals surface area contributed by atoms with Crippen molar-refractivity contribution in [3.8, 4) is 16.9 Å². The summed E-state index contributed by atoms with van der Waals surface area (Å²) < 4.78 is 6.07. The Labute approximate surface area is 112 Å². The highest BCUT2D eigenvalue weighted by molar-refractivity contribution is 5.94. The van der Waals surface area contributed by atoms with Crippen LogP contribution in [0.2, 0.25) is 0 Å². The van der Waals surface area contributed by atoms with Crippen molar-refractivity contribution in [3.05, 3.63) is 66.2 Å². The van der Waals surface area contributed by atoms with Gasteiger partial charge in [-0.3, -0.25) is 0 Å². The van der Waals surface area contributed by atoms with Crippen molar-refractivity contribution < 1.29 is 4.74 Å². The molecule has 0 bridgehead atoms. The van der Waals surface area contributed by atoms with Gasteiger partial charge in [0.05, 0.1) is 0 Å². The molecule has 1 unspecified atom stereocenters. The fraction of sp³-hybridized carbons (Fsp3) is 0.111. The van der Waals surface area contributed by atoms with Crippen LogP contribution in [0.5, 0.6) is 5.75 Å². The van der Waals surface area contributed by atoms with E-state index in [9.17, 15) is 0 Å². The largest absolute Gasteiger partial charge is 0.485 e. The van der Waals surface area contributed by atoms with Gasteiger partial charge in [0.25, 0.3) is 0 Å². The third-order valence-corrected chi connectivity index (χ3v) is 3.86. The maximum absolute atomic E-state index is 6.07. The first-order valence-electron chi connectivity index (χ1n) is 6.62. The van der Waals surface area contributed by atoms with E-state index in [0.717, 1.165) is 5.75 Å². The van der Waals surface area contributed by atoms with Gasteiger partial charge in [0, 0.05) is 11.1 Å². The Morgan fingerprint density at radius 1 is 0.789 bits per heavy atom. The van der Waals surface area contributed by atoms with Gasteiger partial charge < -0.3 is 4.74 Å². The van der Waals surface area contributed by atoms with Crippen molar-refractivity contribution in [1.82, 2.24) is 0 Å². The van der Waals surface area contributed by atoms with Gasteiger partial charge in [0.15, 0.2) is 0 Å². The Bertz CT molecular complexity index is 773. The predicted molar refractivity (Wildman–Crippen MR) is 78.4 cm³/mol. The third kappa shape index (κ3) is 1.48. The molecular weight excluding hydrogens is 232 g/mol. The lowest BCUT2D eigenvalue weighted by Crippen LogP contribution is -2.11. The van der Waals surface area contributed by atoms with Gasteiger partial charge in [-0.2, -0.15) is 0 Å². The van der Waals surface area contributed by atoms with Crippen molar-refractivity contribution >= 4 is 10.8 Å². The van der Waals surface area contributed by atoms with E-state index in [4.69, 9.17) is 4.74 Å². The molecule has 3 aromatic rings. The first kappa shape index (κ1) is 10.6. The Kier molecular flexibility index (Phi) is 2.16. The summed E-state index contributed by atoms with van der Waals surface area (Å²) in [7, 11) is 0. The van der Waals surface area contributed by atoms with Gasteiger partial charge in [-0.25, -0.2) is 0 Å². The molecule has 1 atom stereocenters. The van der Waals surface area contributed by atoms with E-state index in [-0.39, 0.29) is 6.10 Å². The van der Waals surface area contributed by atoms with Gasteiger partial charge in [-0.05, 0) is 29.3 Å². The molecule has 3 aromatic carbocycles. The van der Waals surface area contributed by atoms with Crippen LogP contribution in [-0.4, -0.2) is 0 Å². The van der Waals surface area contributed by atoms with E-state index in [1.54, 1.807) is 0 Å². The molecule has 0 aliphatic carbocycles. The number of ether oxygens (including phenoxy) is 1. The first-order chi connectivity index (χ1) is 9.34. The molecule has 0 saturated carbocycles. The molecule has 0 aromatic heterocycles. The average Bonchev–Trinajstić information content (AvgIpc) is 2.46. The number of hydrogen-bond acceptors (Lipinski definition) is 1. The van der Waals surface area contributed by atoms with Crippen LogP contribution >= 0.6 is 0 Å². The summed E-state index contributed by atoms with van der Waals surface area (Å²) in [5.74, 6) is 0.984. The van der Waals surface area contributed by atoms with Crippen LogP contribution in [0.1, 0.15) is 18.6 Å². The summed E-state index contributed by atoms with van der Waals surface area (Å²) in [6, 6.07) is 21.2. The van der Waals surface area contributed by atoms with Crippen LogP contribution < -0.4 is 4.74 Å². The van der Waals surface area contributed by atoms with Crippen molar-refractivity contribution in [3.63, 3.8) is 0 Å². The van der Waals surface area contributed by atoms with E-state index >= 15 is 0 Å². The Morgan fingerprint density at radius 3 is 2.53 bits per heavy atom. The molecule has 0 N–H and O–H groups in total. The number of rotatable bonds is 0. The van der Waals surface area contributed by atoms with Crippen LogP contribution in [0.15, 0.2) is 60.7 Å². The zero-order chi connectivity index (χ0) is 12.8. The lowest BCUT2D eigenvalue weighted by molar-refractivity contribution is 0.225. The van der Waals surface area contributed by atoms with Gasteiger partial charge in [-0.15, -0.1) is 0 Å². The molecule has 1 nitrogen and oxygen atoms in total. The fourth-order valence-corrected chi connectivity index (χ4v) is 3.01. The molecule has 19 heavy (non-hydrogen) atoms. The third-order valence-electron chi connectivity index (χ3n) is 3.86. The van der Waals surface area contributed by atoms with E-state index in [1.807, 2.05) is 12.1 Å². The molecule has 0 saturated heterocycles. The molecule has 0 spiro atoms. The molecule has 4 rings (SSSR count). The summed E-state index contributed by atoms with van der Waals surface area (Å²) in [6.45, 7) is 2.13. The zero-order valence-electron chi connectivity index (χ0n) is 10.8. The lowest BCUT2D eigenvalue weighted by Gasteiger charge is -2.27. The molecule has 1 heterocycles. The highest BCUT2D eigenvalue weighted by Gasteiger charge is 2.24. The summed E-state index contributed by atoms with van der Waals surface area (Å²) in [5.41, 5.74) is 3.80. The van der Waals surface area contributed by atoms with Crippen LogP contribution in [0.3, 0.4) is 0 Å². The normalized spacial score (nSPS) is 16.6. The maximum atomic E-state index is 6.07. The van der Waals surface area contributed by atoms with Crippen molar-refractivity contribution in [2.24, 2.45) is 0 Å². The summed E-state index contributed by atoms with van der Waals surface area (Å²) >= 11 is 0. The SMILES string of the molecule is CC1Oc2ccccc2-c2ccc3ccccc3c21. The minimum absolute atomic E-state index is 0.0935. The standard InChI is InChI=1S/C18H14O/c1-12-18-14-7-3-2-6-13(14)10-11-16(18)15-8-4-5-9-17(15)19-12/h2-12H,1H3. The van der Waals surface area contributed by atoms with Crippen molar-refractivity contribution in [2.75, 3.05) is 0 Å². The smallest absolute Gasteiger partial charge is 0.128 e. The minimum Gasteiger partial charge on any atom is -0.485 e. The van der Waals surface area contributed by atoms with Gasteiger partial charge in [-0.1, -0.05) is 54.6 Å². The van der Waals surface area contributed by atoms with Crippen LogP contribution in [-0.2, 0) is 0 Å². The van der Waals surface area contributed by atoms with E-state index < -0.39 is 0 Å². The van der Waals surface area contributed by atoms with Crippen LogP contribution in [0, 0.1) is 0 Å². The molecule has 1 aliphatic rings. The van der Waals surface area contributed by atoms with Crippen molar-refractivity contribution in [2.45, 2.75) is 13.0 Å². The molecule has 1 aliphatic heterocycles. The second kappa shape index (κ2) is 3.86. The summed E-state index contributed by atoms with van der Waals surface area (Å²) in [5, 5.41) is 2.57. The number of hydrogen-bond donors (Lipinski definition) is 0. The quantitative estimate of drug-likeness (QED) is 0.544. The average molecular weight is 246 g/mol. The second-order valence-electron chi connectivity index (χ2n) is 5.00. The monoisotopic (exact) mass is 246 g/mol. The topological polar surface area (TPSA) is 9.23 Å². The highest BCUT2D eigenvalue weighted by atomic mass is 16.5. The molecule has 1 heteroatoms. The molecular formula is C18H14O. The van der Waals surface area contributed by atoms with Gasteiger partial charge in [0.1, 0.15) is 11.9 Å². The van der Waals surface area contributed by atoms with Crippen molar-refractivity contribution in [1.29, 1.82) is 0 Å². The Hall–Kier alpha value is -2.28. The molecule has 0 fully saturated rings. The molecule has 0 amide bonds. The molecule has 92 valence electrons. The van der Waals surface area contributed by atoms with E-state index in [0.29, 0.717) is 0 Å². The number of benzene rings is 3. The number of fused-ring (bicyclic) bond motifs is 5. The number of para-hydroxylation sites is 1. The fourth-order valence-electron chi connectivity index (χ4n) is 3.01. The molecule has 0 radical (unpaired) electrons. The predicted octanol–water partition coefficient (Wildman–Crippen LogP) is 4.96. The first-order valence-corrected chi connectivity index (χ1v) is 6.62.